The third-order valence-electron chi connectivity index (χ3n) is 2.88. The van der Waals surface area contributed by atoms with Crippen molar-refractivity contribution < 1.29 is 17.7 Å². The van der Waals surface area contributed by atoms with E-state index in [1.54, 1.807) is 12.1 Å². The van der Waals surface area contributed by atoms with Gasteiger partial charge in [0, 0.05) is 0 Å². The molecule has 0 amide bonds. The van der Waals surface area contributed by atoms with Gasteiger partial charge in [0.2, 0.25) is 0 Å². The number of aryl methyl sites for hydroxylation is 1. The molecular formula is C15H21ClO4S. The molecule has 0 aliphatic heterocycles. The quantitative estimate of drug-likeness (QED) is 0.451. The molecule has 1 aromatic rings. The van der Waals surface area contributed by atoms with Gasteiger partial charge in [-0.2, -0.15) is 8.42 Å². The third-order valence-corrected chi connectivity index (χ3v) is 4.65. The summed E-state index contributed by atoms with van der Waals surface area (Å²) in [5.41, 5.74) is 0.956. The lowest BCUT2D eigenvalue weighted by atomic mass is 10.2. The number of halogens is 1. The molecule has 0 fully saturated rings. The van der Waals surface area contributed by atoms with Crippen LogP contribution in [-0.2, 0) is 14.3 Å². The van der Waals surface area contributed by atoms with Crippen LogP contribution >= 0.6 is 11.6 Å². The van der Waals surface area contributed by atoms with E-state index in [1.165, 1.54) is 12.1 Å². The van der Waals surface area contributed by atoms with Crippen LogP contribution in [0.4, 0.5) is 0 Å². The van der Waals surface area contributed by atoms with Crippen molar-refractivity contribution in [2.45, 2.75) is 43.1 Å². The number of hydrogen-bond acceptors (Lipinski definition) is 4. The molecular weight excluding hydrogens is 312 g/mol. The van der Waals surface area contributed by atoms with Crippen LogP contribution in [0.15, 0.2) is 41.3 Å². The van der Waals surface area contributed by atoms with Gasteiger partial charge in [0.15, 0.2) is 0 Å². The first-order chi connectivity index (χ1) is 9.86. The van der Waals surface area contributed by atoms with Crippen LogP contribution in [0.5, 0.6) is 0 Å². The van der Waals surface area contributed by atoms with Crippen LogP contribution in [0.2, 0.25) is 0 Å². The van der Waals surface area contributed by atoms with Crippen LogP contribution in [0.1, 0.15) is 25.3 Å². The Kier molecular flexibility index (Phi) is 7.39. The molecule has 1 rings (SSSR count). The van der Waals surface area contributed by atoms with E-state index in [0.29, 0.717) is 6.42 Å². The first-order valence-corrected chi connectivity index (χ1v) is 8.64. The molecule has 0 saturated carbocycles. The molecule has 1 N–H and O–H groups in total. The second-order valence-electron chi connectivity index (χ2n) is 4.75. The smallest absolute Gasteiger partial charge is 0.297 e. The zero-order valence-electron chi connectivity index (χ0n) is 12.2. The van der Waals surface area contributed by atoms with Crippen molar-refractivity contribution >= 4 is 21.7 Å². The highest BCUT2D eigenvalue weighted by Crippen LogP contribution is 2.16. The first kappa shape index (κ1) is 18.2. The summed E-state index contributed by atoms with van der Waals surface area (Å²) in [5, 5.41) is 9.23. The fraction of sp³-hybridized carbons (Fsp3) is 0.467. The van der Waals surface area contributed by atoms with E-state index < -0.39 is 21.6 Å². The Morgan fingerprint density at radius 2 is 1.90 bits per heavy atom. The van der Waals surface area contributed by atoms with E-state index in [0.717, 1.165) is 12.0 Å². The van der Waals surface area contributed by atoms with Gasteiger partial charge in [-0.3, -0.25) is 4.18 Å². The summed E-state index contributed by atoms with van der Waals surface area (Å²) in [6.45, 7) is 3.50. The molecule has 0 aromatic heterocycles. The van der Waals surface area contributed by atoms with Gasteiger partial charge in [0.25, 0.3) is 10.1 Å². The zero-order chi connectivity index (χ0) is 15.9. The lowest BCUT2D eigenvalue weighted by Gasteiger charge is -2.15. The van der Waals surface area contributed by atoms with Crippen molar-refractivity contribution in [3.63, 3.8) is 0 Å². The number of benzene rings is 1. The number of rotatable bonds is 8. The number of hydrogen-bond donors (Lipinski definition) is 1. The molecule has 4 nitrogen and oxygen atoms in total. The second kappa shape index (κ2) is 8.54. The van der Waals surface area contributed by atoms with E-state index in [9.17, 15) is 13.5 Å². The normalized spacial score (nSPS) is 15.2. The highest BCUT2D eigenvalue weighted by Gasteiger charge is 2.21. The molecule has 0 bridgehead atoms. The summed E-state index contributed by atoms with van der Waals surface area (Å²) >= 11 is 5.99. The van der Waals surface area contributed by atoms with Crippen LogP contribution in [0, 0.1) is 6.92 Å². The number of alkyl halides is 1. The predicted molar refractivity (Wildman–Crippen MR) is 84.0 cm³/mol. The monoisotopic (exact) mass is 332 g/mol. The van der Waals surface area contributed by atoms with Crippen LogP contribution in [-0.4, -0.2) is 31.6 Å². The summed E-state index contributed by atoms with van der Waals surface area (Å²) < 4.78 is 28.7. The molecule has 0 radical (unpaired) electrons. The Morgan fingerprint density at radius 1 is 1.29 bits per heavy atom. The summed E-state index contributed by atoms with van der Waals surface area (Å²) in [6, 6.07) is 6.32. The topological polar surface area (TPSA) is 63.6 Å². The summed E-state index contributed by atoms with van der Waals surface area (Å²) in [4.78, 5) is 0.0669. The molecule has 118 valence electrons. The molecule has 0 aliphatic carbocycles. The summed E-state index contributed by atoms with van der Waals surface area (Å²) in [5.74, 6) is 0. The van der Waals surface area contributed by atoms with Gasteiger partial charge < -0.3 is 5.11 Å². The van der Waals surface area contributed by atoms with Crippen molar-refractivity contribution in [2.75, 3.05) is 6.61 Å². The van der Waals surface area contributed by atoms with E-state index in [4.69, 9.17) is 15.8 Å². The Bertz CT molecular complexity index is 552. The molecule has 0 heterocycles. The van der Waals surface area contributed by atoms with Gasteiger partial charge in [-0.05, 0) is 31.9 Å². The van der Waals surface area contributed by atoms with Crippen molar-refractivity contribution in [3.8, 4) is 0 Å². The van der Waals surface area contributed by atoms with Gasteiger partial charge in [-0.25, -0.2) is 0 Å². The second-order valence-corrected chi connectivity index (χ2v) is 6.93. The fourth-order valence-electron chi connectivity index (χ4n) is 1.59. The van der Waals surface area contributed by atoms with Crippen LogP contribution in [0.25, 0.3) is 0 Å². The van der Waals surface area contributed by atoms with E-state index in [1.807, 2.05) is 26.0 Å². The Balaban J connectivity index is 2.56. The lowest BCUT2D eigenvalue weighted by molar-refractivity contribution is 0.107. The number of aliphatic hydroxyl groups is 1. The van der Waals surface area contributed by atoms with Gasteiger partial charge in [-0.15, -0.1) is 11.6 Å². The van der Waals surface area contributed by atoms with Gasteiger partial charge in [0.1, 0.15) is 0 Å². The SMILES string of the molecule is CC/C=C\C[C@H](Cl)[C@@H](O)COS(=O)(=O)c1ccc(C)cc1. The Morgan fingerprint density at radius 3 is 2.48 bits per heavy atom. The largest absolute Gasteiger partial charge is 0.389 e. The highest BCUT2D eigenvalue weighted by atomic mass is 35.5. The summed E-state index contributed by atoms with van der Waals surface area (Å²) in [7, 11) is -3.87. The van der Waals surface area contributed by atoms with Gasteiger partial charge >= 0.3 is 0 Å². The molecule has 0 saturated heterocycles. The van der Waals surface area contributed by atoms with E-state index in [-0.39, 0.29) is 11.5 Å². The minimum absolute atomic E-state index is 0.0669. The Hall–Kier alpha value is -0.880. The van der Waals surface area contributed by atoms with Crippen molar-refractivity contribution in [2.24, 2.45) is 0 Å². The number of allylic oxidation sites excluding steroid dienone is 2. The zero-order valence-corrected chi connectivity index (χ0v) is 13.8. The molecule has 2 atom stereocenters. The Labute approximate surface area is 131 Å². The molecule has 21 heavy (non-hydrogen) atoms. The van der Waals surface area contributed by atoms with Gasteiger partial charge in [0.05, 0.1) is 23.0 Å². The number of aliphatic hydroxyl groups excluding tert-OH is 1. The van der Waals surface area contributed by atoms with Crippen LogP contribution < -0.4 is 0 Å². The van der Waals surface area contributed by atoms with Crippen molar-refractivity contribution in [1.82, 2.24) is 0 Å². The minimum Gasteiger partial charge on any atom is -0.389 e. The molecule has 6 heteroatoms. The first-order valence-electron chi connectivity index (χ1n) is 6.80. The fourth-order valence-corrected chi connectivity index (χ4v) is 2.69. The van der Waals surface area contributed by atoms with Crippen LogP contribution in [0.3, 0.4) is 0 Å². The maximum Gasteiger partial charge on any atom is 0.297 e. The average Bonchev–Trinajstić information content (AvgIpc) is 2.45. The van der Waals surface area contributed by atoms with E-state index in [2.05, 4.69) is 0 Å². The maximum absolute atomic E-state index is 11.9. The maximum atomic E-state index is 11.9. The standard InChI is InChI=1S/C15H21ClO4S/c1-3-4-5-6-14(16)15(17)11-20-21(18,19)13-9-7-12(2)8-10-13/h4-5,7-10,14-15,17H,3,6,11H2,1-2H3/b5-4-/t14-,15-/m0/s1. The minimum atomic E-state index is -3.87. The molecule has 0 unspecified atom stereocenters. The van der Waals surface area contributed by atoms with Gasteiger partial charge in [-0.1, -0.05) is 36.8 Å². The third kappa shape index (κ3) is 6.18. The lowest BCUT2D eigenvalue weighted by Crippen LogP contribution is -2.27. The highest BCUT2D eigenvalue weighted by molar-refractivity contribution is 7.86. The molecule has 0 aliphatic rings. The van der Waals surface area contributed by atoms with E-state index >= 15 is 0 Å². The molecule has 0 spiro atoms. The van der Waals surface area contributed by atoms with Crippen molar-refractivity contribution in [1.29, 1.82) is 0 Å². The molecule has 1 aromatic carbocycles. The van der Waals surface area contributed by atoms with Crippen molar-refractivity contribution in [3.05, 3.63) is 42.0 Å². The average molecular weight is 333 g/mol. The summed E-state index contributed by atoms with van der Waals surface area (Å²) in [6.07, 6.45) is 4.09. The predicted octanol–water partition coefficient (Wildman–Crippen LogP) is 3.02.